The van der Waals surface area contributed by atoms with Crippen molar-refractivity contribution in [1.29, 1.82) is 0 Å². The molecule has 1 atom stereocenters. The van der Waals surface area contributed by atoms with Crippen molar-refractivity contribution in [1.82, 2.24) is 4.90 Å². The Morgan fingerprint density at radius 1 is 1.06 bits per heavy atom. The first-order valence-corrected chi connectivity index (χ1v) is 6.97. The minimum atomic E-state index is 0.447. The van der Waals surface area contributed by atoms with Crippen LogP contribution in [0.1, 0.15) is 60.3 Å². The van der Waals surface area contributed by atoms with E-state index in [9.17, 15) is 0 Å². The van der Waals surface area contributed by atoms with Gasteiger partial charge in [-0.1, -0.05) is 41.0 Å². The van der Waals surface area contributed by atoms with Crippen LogP contribution in [0.25, 0.3) is 0 Å². The van der Waals surface area contributed by atoms with Gasteiger partial charge < -0.3 is 4.90 Å². The zero-order valence-electron chi connectivity index (χ0n) is 11.9. The van der Waals surface area contributed by atoms with Crippen molar-refractivity contribution < 1.29 is 0 Å². The second-order valence-corrected chi connectivity index (χ2v) is 7.94. The maximum absolute atomic E-state index is 2.73. The molecule has 1 nitrogen and oxygen atoms in total. The molecular weight excluding hydrogens is 194 g/mol. The van der Waals surface area contributed by atoms with E-state index in [4.69, 9.17) is 0 Å². The van der Waals surface area contributed by atoms with E-state index in [1.165, 1.54) is 45.3 Å². The van der Waals surface area contributed by atoms with Crippen LogP contribution in [-0.4, -0.2) is 24.5 Å². The molecule has 0 aromatic heterocycles. The number of rotatable bonds is 2. The van der Waals surface area contributed by atoms with Gasteiger partial charge in [0, 0.05) is 13.1 Å². The van der Waals surface area contributed by atoms with Gasteiger partial charge in [-0.15, -0.1) is 0 Å². The van der Waals surface area contributed by atoms with Gasteiger partial charge in [0.1, 0.15) is 0 Å². The average molecular weight is 223 g/mol. The fourth-order valence-corrected chi connectivity index (χ4v) is 3.28. The summed E-state index contributed by atoms with van der Waals surface area (Å²) in [5.41, 5.74) is 1.62. The fourth-order valence-electron chi connectivity index (χ4n) is 3.28. The topological polar surface area (TPSA) is 3.24 Å². The van der Waals surface area contributed by atoms with Crippen LogP contribution >= 0.6 is 0 Å². The molecule has 1 heterocycles. The Morgan fingerprint density at radius 3 is 2.06 bits per heavy atom. The first-order valence-electron chi connectivity index (χ1n) is 6.97. The third-order valence-corrected chi connectivity index (χ3v) is 5.53. The van der Waals surface area contributed by atoms with Crippen molar-refractivity contribution in [2.45, 2.75) is 60.3 Å². The van der Waals surface area contributed by atoms with Crippen molar-refractivity contribution in [3.63, 3.8) is 0 Å². The molecule has 0 spiro atoms. The monoisotopic (exact) mass is 223 g/mol. The summed E-state index contributed by atoms with van der Waals surface area (Å²) in [4.78, 5) is 2.73. The molecule has 0 bridgehead atoms. The molecule has 1 heteroatoms. The van der Waals surface area contributed by atoms with Crippen molar-refractivity contribution in [2.75, 3.05) is 19.6 Å². The number of hydrogen-bond acceptors (Lipinski definition) is 1. The fraction of sp³-hybridized carbons (Fsp3) is 1.00. The summed E-state index contributed by atoms with van der Waals surface area (Å²) in [7, 11) is 0. The average Bonchev–Trinajstić information content (AvgIpc) is 2.45. The Bertz CT molecular complexity index is 259. The number of nitrogens with zero attached hydrogens (tertiary/aromatic N) is 1. The second-order valence-electron chi connectivity index (χ2n) is 7.94. The molecule has 1 saturated heterocycles. The van der Waals surface area contributed by atoms with Crippen LogP contribution in [0.15, 0.2) is 0 Å². The van der Waals surface area contributed by atoms with Crippen molar-refractivity contribution >= 4 is 0 Å². The van der Waals surface area contributed by atoms with Gasteiger partial charge in [0.05, 0.1) is 0 Å². The molecule has 0 amide bonds. The zero-order valence-corrected chi connectivity index (χ0v) is 11.9. The minimum absolute atomic E-state index is 0.447. The maximum atomic E-state index is 2.73. The Morgan fingerprint density at radius 2 is 1.69 bits per heavy atom. The maximum Gasteiger partial charge on any atom is 0.00410 e. The van der Waals surface area contributed by atoms with Gasteiger partial charge in [-0.25, -0.2) is 0 Å². The van der Waals surface area contributed by atoms with E-state index in [-0.39, 0.29) is 0 Å². The highest BCUT2D eigenvalue weighted by molar-refractivity contribution is 4.97. The van der Waals surface area contributed by atoms with Crippen LogP contribution in [0.4, 0.5) is 0 Å². The van der Waals surface area contributed by atoms with E-state index in [1.807, 2.05) is 0 Å². The van der Waals surface area contributed by atoms with Crippen LogP contribution in [0.2, 0.25) is 0 Å². The van der Waals surface area contributed by atoms with Crippen molar-refractivity contribution in [3.8, 4) is 0 Å². The first-order chi connectivity index (χ1) is 7.24. The van der Waals surface area contributed by atoms with E-state index in [0.717, 1.165) is 0 Å². The lowest BCUT2D eigenvalue weighted by atomic mass is 9.67. The van der Waals surface area contributed by atoms with Crippen LogP contribution < -0.4 is 0 Å². The molecule has 2 rings (SSSR count). The largest absolute Gasteiger partial charge is 0.302 e. The van der Waals surface area contributed by atoms with Crippen LogP contribution in [0.3, 0.4) is 0 Å². The van der Waals surface area contributed by atoms with Gasteiger partial charge in [0.2, 0.25) is 0 Å². The van der Waals surface area contributed by atoms with E-state index in [1.54, 1.807) is 0 Å². The first kappa shape index (κ1) is 12.4. The normalized spacial score (nSPS) is 35.1. The molecule has 1 aliphatic heterocycles. The summed E-state index contributed by atoms with van der Waals surface area (Å²) in [5.74, 6) is 0. The van der Waals surface area contributed by atoms with Gasteiger partial charge in [-0.3, -0.25) is 0 Å². The zero-order chi connectivity index (χ0) is 12.0. The number of likely N-dealkylation sites (tertiary alicyclic amines) is 1. The predicted octanol–water partition coefficient (Wildman–Crippen LogP) is 3.93. The van der Waals surface area contributed by atoms with Gasteiger partial charge in [-0.05, 0) is 42.1 Å². The molecular formula is C15H29N. The lowest BCUT2D eigenvalue weighted by molar-refractivity contribution is 0.0708. The summed E-state index contributed by atoms with van der Waals surface area (Å²) >= 11 is 0. The van der Waals surface area contributed by atoms with Crippen molar-refractivity contribution in [2.24, 2.45) is 16.2 Å². The van der Waals surface area contributed by atoms with Crippen LogP contribution in [-0.2, 0) is 0 Å². The molecule has 1 unspecified atom stereocenters. The molecule has 0 N–H and O–H groups in total. The van der Waals surface area contributed by atoms with Gasteiger partial charge in [0.25, 0.3) is 0 Å². The summed E-state index contributed by atoms with van der Waals surface area (Å²) < 4.78 is 0. The van der Waals surface area contributed by atoms with Gasteiger partial charge in [0.15, 0.2) is 0 Å². The lowest BCUT2D eigenvalue weighted by Gasteiger charge is -2.43. The SMILES string of the molecule is CC1(CN2CCC(C)(C(C)(C)C)C2)CCC1. The molecule has 2 aliphatic rings. The highest BCUT2D eigenvalue weighted by Gasteiger charge is 2.44. The van der Waals surface area contributed by atoms with E-state index < -0.39 is 0 Å². The van der Waals surface area contributed by atoms with Crippen LogP contribution in [0.5, 0.6) is 0 Å². The highest BCUT2D eigenvalue weighted by Crippen LogP contribution is 2.48. The minimum Gasteiger partial charge on any atom is -0.302 e. The third kappa shape index (κ3) is 2.16. The molecule has 0 aromatic rings. The van der Waals surface area contributed by atoms with Gasteiger partial charge >= 0.3 is 0 Å². The Kier molecular flexibility index (Phi) is 2.89. The summed E-state index contributed by atoms with van der Waals surface area (Å²) in [5, 5.41) is 0. The smallest absolute Gasteiger partial charge is 0.00410 e. The molecule has 0 aromatic carbocycles. The second kappa shape index (κ2) is 3.73. The molecule has 1 saturated carbocycles. The summed E-state index contributed by atoms with van der Waals surface area (Å²) in [6, 6.07) is 0. The van der Waals surface area contributed by atoms with Crippen molar-refractivity contribution in [3.05, 3.63) is 0 Å². The summed E-state index contributed by atoms with van der Waals surface area (Å²) in [6.45, 7) is 16.2. The standard InChI is InChI=1S/C15H29N/c1-13(2,3)15(5)9-10-16(12-15)11-14(4)7-6-8-14/h6-12H2,1-5H3. The Labute approximate surface area is 102 Å². The van der Waals surface area contributed by atoms with E-state index in [2.05, 4.69) is 39.5 Å². The Balaban J connectivity index is 1.93. The molecule has 16 heavy (non-hydrogen) atoms. The highest BCUT2D eigenvalue weighted by atomic mass is 15.2. The molecule has 0 radical (unpaired) electrons. The molecule has 1 aliphatic carbocycles. The van der Waals surface area contributed by atoms with E-state index >= 15 is 0 Å². The quantitative estimate of drug-likeness (QED) is 0.685. The predicted molar refractivity (Wildman–Crippen MR) is 70.6 cm³/mol. The Hall–Kier alpha value is -0.0400. The lowest BCUT2D eigenvalue weighted by Crippen LogP contribution is -2.41. The number of hydrogen-bond donors (Lipinski definition) is 0. The van der Waals surface area contributed by atoms with Gasteiger partial charge in [-0.2, -0.15) is 0 Å². The third-order valence-electron chi connectivity index (χ3n) is 5.53. The molecule has 94 valence electrons. The van der Waals surface area contributed by atoms with E-state index in [0.29, 0.717) is 16.2 Å². The van der Waals surface area contributed by atoms with Crippen LogP contribution in [0, 0.1) is 16.2 Å². The summed E-state index contributed by atoms with van der Waals surface area (Å²) in [6.07, 6.45) is 5.75. The molecule has 2 fully saturated rings.